The number of halogens is 2. The van der Waals surface area contributed by atoms with Crippen LogP contribution in [0.1, 0.15) is 36.7 Å². The lowest BCUT2D eigenvalue weighted by atomic mass is 10.1. The Morgan fingerprint density at radius 1 is 1.10 bits per heavy atom. The molecular weight excluding hydrogens is 430 g/mol. The highest BCUT2D eigenvalue weighted by Gasteiger charge is 2.26. The van der Waals surface area contributed by atoms with E-state index in [1.165, 1.54) is 29.4 Å². The van der Waals surface area contributed by atoms with Gasteiger partial charge in [0, 0.05) is 13.1 Å². The molecule has 0 radical (unpaired) electrons. The Hall–Kier alpha value is -2.85. The van der Waals surface area contributed by atoms with Crippen molar-refractivity contribution in [3.05, 3.63) is 59.2 Å². The number of benzene rings is 2. The van der Waals surface area contributed by atoms with Gasteiger partial charge in [-0.1, -0.05) is 26.0 Å². The molecule has 31 heavy (non-hydrogen) atoms. The van der Waals surface area contributed by atoms with Crippen molar-refractivity contribution < 1.29 is 31.5 Å². The van der Waals surface area contributed by atoms with Gasteiger partial charge in [0.05, 0.1) is 10.5 Å². The molecule has 0 aliphatic rings. The van der Waals surface area contributed by atoms with Gasteiger partial charge in [-0.15, -0.1) is 0 Å². The van der Waals surface area contributed by atoms with Crippen LogP contribution < -0.4 is 5.32 Å². The Bertz CT molecular complexity index is 1060. The Balaban J connectivity index is 2.21. The molecule has 7 nitrogen and oxygen atoms in total. The number of ether oxygens (including phenoxy) is 1. The van der Waals surface area contributed by atoms with E-state index in [1.54, 1.807) is 20.8 Å². The summed E-state index contributed by atoms with van der Waals surface area (Å²) in [6.07, 6.45) is -1.39. The SMILES string of the molecule is CCN(CC)S(=O)(=O)c1cc(C(=O)OC(C)C(=O)Nc2c(F)cccc2F)ccc1C. The first-order chi connectivity index (χ1) is 14.5. The number of aryl methyl sites for hydroxylation is 1. The normalized spacial score (nSPS) is 12.5. The molecule has 1 N–H and O–H groups in total. The smallest absolute Gasteiger partial charge is 0.338 e. The van der Waals surface area contributed by atoms with Gasteiger partial charge in [-0.3, -0.25) is 4.79 Å². The summed E-state index contributed by atoms with van der Waals surface area (Å²) >= 11 is 0. The van der Waals surface area contributed by atoms with Gasteiger partial charge in [-0.2, -0.15) is 4.31 Å². The molecule has 0 fully saturated rings. The van der Waals surface area contributed by atoms with Gasteiger partial charge in [-0.25, -0.2) is 22.0 Å². The van der Waals surface area contributed by atoms with Crippen molar-refractivity contribution in [3.63, 3.8) is 0 Å². The summed E-state index contributed by atoms with van der Waals surface area (Å²) < 4.78 is 59.4. The zero-order valence-electron chi connectivity index (χ0n) is 17.6. The van der Waals surface area contributed by atoms with Gasteiger partial charge in [0.1, 0.15) is 17.3 Å². The molecule has 0 aliphatic heterocycles. The first kappa shape index (κ1) is 24.4. The fourth-order valence-electron chi connectivity index (χ4n) is 2.83. The summed E-state index contributed by atoms with van der Waals surface area (Å²) in [6.45, 7) is 6.76. The molecule has 0 saturated carbocycles. The highest BCUT2D eigenvalue weighted by Crippen LogP contribution is 2.22. The molecule has 1 amide bonds. The first-order valence-corrected chi connectivity index (χ1v) is 11.0. The number of carbonyl (C=O) groups is 2. The van der Waals surface area contributed by atoms with Crippen molar-refractivity contribution in [2.24, 2.45) is 0 Å². The second-order valence-electron chi connectivity index (χ2n) is 6.70. The molecule has 0 aromatic heterocycles. The maximum absolute atomic E-state index is 13.7. The van der Waals surface area contributed by atoms with Gasteiger partial charge < -0.3 is 10.1 Å². The second kappa shape index (κ2) is 9.97. The summed E-state index contributed by atoms with van der Waals surface area (Å²) in [6, 6.07) is 7.11. The van der Waals surface area contributed by atoms with Gasteiger partial charge in [0.15, 0.2) is 6.10 Å². The van der Waals surface area contributed by atoms with E-state index >= 15 is 0 Å². The van der Waals surface area contributed by atoms with Gasteiger partial charge in [0.25, 0.3) is 5.91 Å². The lowest BCUT2D eigenvalue weighted by molar-refractivity contribution is -0.123. The molecule has 0 bridgehead atoms. The zero-order valence-corrected chi connectivity index (χ0v) is 18.4. The van der Waals surface area contributed by atoms with E-state index < -0.39 is 45.3 Å². The number of nitrogens with one attached hydrogen (secondary N) is 1. The fraction of sp³-hybridized carbons (Fsp3) is 0.333. The molecule has 2 aromatic rings. The number of hydrogen-bond donors (Lipinski definition) is 1. The quantitative estimate of drug-likeness (QED) is 0.617. The summed E-state index contributed by atoms with van der Waals surface area (Å²) in [5, 5.41) is 2.04. The Kier molecular flexibility index (Phi) is 7.85. The van der Waals surface area contributed by atoms with E-state index in [-0.39, 0.29) is 23.5 Å². The number of esters is 1. The van der Waals surface area contributed by atoms with E-state index in [0.29, 0.717) is 5.56 Å². The second-order valence-corrected chi connectivity index (χ2v) is 8.61. The highest BCUT2D eigenvalue weighted by atomic mass is 32.2. The minimum Gasteiger partial charge on any atom is -0.449 e. The van der Waals surface area contributed by atoms with Crippen molar-refractivity contribution in [1.29, 1.82) is 0 Å². The highest BCUT2D eigenvalue weighted by molar-refractivity contribution is 7.89. The Labute approximate surface area is 180 Å². The van der Waals surface area contributed by atoms with Gasteiger partial charge in [-0.05, 0) is 43.7 Å². The fourth-order valence-corrected chi connectivity index (χ4v) is 4.54. The Morgan fingerprint density at radius 2 is 1.68 bits per heavy atom. The number of para-hydroxylation sites is 1. The topological polar surface area (TPSA) is 92.8 Å². The largest absolute Gasteiger partial charge is 0.449 e. The number of anilines is 1. The van der Waals surface area contributed by atoms with Crippen LogP contribution in [0.5, 0.6) is 0 Å². The molecule has 10 heteroatoms. The van der Waals surface area contributed by atoms with Crippen molar-refractivity contribution in [3.8, 4) is 0 Å². The standard InChI is InChI=1S/C21H24F2N2O5S/c1-5-25(6-2)31(28,29)18-12-15(11-10-13(18)3)21(27)30-14(4)20(26)24-19-16(22)8-7-9-17(19)23/h7-12,14H,5-6H2,1-4H3,(H,24,26). The van der Waals surface area contributed by atoms with Crippen LogP contribution in [-0.2, 0) is 19.6 Å². The molecule has 2 aromatic carbocycles. The van der Waals surface area contributed by atoms with Crippen LogP contribution in [0, 0.1) is 18.6 Å². The predicted octanol–water partition coefficient (Wildman–Crippen LogP) is 3.49. The predicted molar refractivity (Wildman–Crippen MR) is 111 cm³/mol. The van der Waals surface area contributed by atoms with Crippen LogP contribution in [0.3, 0.4) is 0 Å². The van der Waals surface area contributed by atoms with E-state index in [4.69, 9.17) is 4.74 Å². The molecular formula is C21H24F2N2O5S. The maximum atomic E-state index is 13.7. The molecule has 0 saturated heterocycles. The summed E-state index contributed by atoms with van der Waals surface area (Å²) in [5.41, 5.74) is -0.282. The molecule has 168 valence electrons. The zero-order chi connectivity index (χ0) is 23.3. The molecule has 1 atom stereocenters. The number of nitrogens with zero attached hydrogens (tertiary/aromatic N) is 1. The lowest BCUT2D eigenvalue weighted by Crippen LogP contribution is -2.32. The first-order valence-electron chi connectivity index (χ1n) is 9.59. The van der Waals surface area contributed by atoms with Crippen LogP contribution in [0.25, 0.3) is 0 Å². The van der Waals surface area contributed by atoms with E-state index in [2.05, 4.69) is 0 Å². The van der Waals surface area contributed by atoms with Crippen molar-refractivity contribution >= 4 is 27.6 Å². The average Bonchev–Trinajstić information content (AvgIpc) is 2.71. The number of amides is 1. The summed E-state index contributed by atoms with van der Waals surface area (Å²) in [4.78, 5) is 24.6. The van der Waals surface area contributed by atoms with Crippen molar-refractivity contribution in [1.82, 2.24) is 4.31 Å². The van der Waals surface area contributed by atoms with Gasteiger partial charge >= 0.3 is 5.97 Å². The van der Waals surface area contributed by atoms with Crippen LogP contribution in [-0.4, -0.2) is 43.8 Å². The van der Waals surface area contributed by atoms with Crippen LogP contribution >= 0.6 is 0 Å². The van der Waals surface area contributed by atoms with Gasteiger partial charge in [0.2, 0.25) is 10.0 Å². The number of hydrogen-bond acceptors (Lipinski definition) is 5. The maximum Gasteiger partial charge on any atom is 0.338 e. The number of rotatable bonds is 8. The van der Waals surface area contributed by atoms with Crippen LogP contribution in [0.15, 0.2) is 41.3 Å². The van der Waals surface area contributed by atoms with E-state index in [0.717, 1.165) is 18.2 Å². The van der Waals surface area contributed by atoms with Crippen molar-refractivity contribution in [2.75, 3.05) is 18.4 Å². The van der Waals surface area contributed by atoms with E-state index in [9.17, 15) is 26.8 Å². The number of sulfonamides is 1. The third kappa shape index (κ3) is 5.45. The Morgan fingerprint density at radius 3 is 2.23 bits per heavy atom. The molecule has 2 rings (SSSR count). The summed E-state index contributed by atoms with van der Waals surface area (Å²) in [7, 11) is -3.82. The lowest BCUT2D eigenvalue weighted by Gasteiger charge is -2.20. The third-order valence-electron chi connectivity index (χ3n) is 4.61. The third-order valence-corrected chi connectivity index (χ3v) is 6.80. The molecule has 0 heterocycles. The van der Waals surface area contributed by atoms with Crippen LogP contribution in [0.4, 0.5) is 14.5 Å². The minimum atomic E-state index is -3.82. The van der Waals surface area contributed by atoms with E-state index in [1.807, 2.05) is 5.32 Å². The summed E-state index contributed by atoms with van der Waals surface area (Å²) in [5.74, 6) is -3.85. The monoisotopic (exact) mass is 454 g/mol. The molecule has 0 spiro atoms. The molecule has 0 aliphatic carbocycles. The molecule has 1 unspecified atom stereocenters. The number of carbonyl (C=O) groups excluding carboxylic acids is 2. The van der Waals surface area contributed by atoms with Crippen LogP contribution in [0.2, 0.25) is 0 Å². The van der Waals surface area contributed by atoms with Crippen molar-refractivity contribution in [2.45, 2.75) is 38.7 Å². The minimum absolute atomic E-state index is 0.0452. The average molecular weight is 454 g/mol.